The molecular formula is C14H23NOS. The van der Waals surface area contributed by atoms with Gasteiger partial charge in [-0.25, -0.2) is 0 Å². The maximum atomic E-state index is 5.81. The molecule has 0 saturated carbocycles. The van der Waals surface area contributed by atoms with Crippen molar-refractivity contribution in [2.75, 3.05) is 13.2 Å². The van der Waals surface area contributed by atoms with Crippen molar-refractivity contribution < 1.29 is 4.74 Å². The average Bonchev–Trinajstić information content (AvgIpc) is 2.88. The first-order valence-electron chi connectivity index (χ1n) is 6.50. The zero-order valence-corrected chi connectivity index (χ0v) is 11.8. The van der Waals surface area contributed by atoms with Gasteiger partial charge in [0.05, 0.1) is 6.10 Å². The van der Waals surface area contributed by atoms with Crippen molar-refractivity contribution in [1.82, 2.24) is 5.32 Å². The topological polar surface area (TPSA) is 21.3 Å². The molecule has 2 rings (SSSR count). The Kier molecular flexibility index (Phi) is 4.23. The minimum Gasteiger partial charge on any atom is -0.378 e. The second kappa shape index (κ2) is 5.51. The minimum absolute atomic E-state index is 0.287. The highest BCUT2D eigenvalue weighted by molar-refractivity contribution is 7.09. The van der Waals surface area contributed by atoms with Crippen LogP contribution < -0.4 is 5.32 Å². The summed E-state index contributed by atoms with van der Waals surface area (Å²) < 4.78 is 5.81. The summed E-state index contributed by atoms with van der Waals surface area (Å²) in [7, 11) is 0. The molecule has 0 amide bonds. The van der Waals surface area contributed by atoms with E-state index in [9.17, 15) is 0 Å². The van der Waals surface area contributed by atoms with Crippen LogP contribution in [0.4, 0.5) is 0 Å². The fraction of sp³-hybridized carbons (Fsp3) is 0.714. The van der Waals surface area contributed by atoms with Crippen molar-refractivity contribution >= 4 is 11.3 Å². The van der Waals surface area contributed by atoms with Crippen molar-refractivity contribution in [1.29, 1.82) is 0 Å². The molecule has 2 nitrogen and oxygen atoms in total. The van der Waals surface area contributed by atoms with Gasteiger partial charge in [0.2, 0.25) is 0 Å². The lowest BCUT2D eigenvalue weighted by Crippen LogP contribution is -2.43. The number of nitrogens with one attached hydrogen (secondary N) is 1. The monoisotopic (exact) mass is 253 g/mol. The Morgan fingerprint density at radius 1 is 1.59 bits per heavy atom. The molecule has 2 heterocycles. The molecule has 0 radical (unpaired) electrons. The van der Waals surface area contributed by atoms with Gasteiger partial charge in [-0.3, -0.25) is 0 Å². The third-order valence-electron chi connectivity index (χ3n) is 3.80. The molecule has 1 aromatic rings. The van der Waals surface area contributed by atoms with E-state index in [1.165, 1.54) is 11.3 Å². The molecule has 1 N–H and O–H groups in total. The van der Waals surface area contributed by atoms with E-state index >= 15 is 0 Å². The van der Waals surface area contributed by atoms with Gasteiger partial charge in [0.15, 0.2) is 0 Å². The van der Waals surface area contributed by atoms with Crippen molar-refractivity contribution in [3.05, 3.63) is 22.4 Å². The van der Waals surface area contributed by atoms with Crippen LogP contribution in [0.25, 0.3) is 0 Å². The Hall–Kier alpha value is -0.380. The molecule has 1 aliphatic heterocycles. The standard InChI is InChI=1S/C14H23NOS/c1-11(2)15-10-14(6-7-16-12(14)3)9-13-5-4-8-17-13/h4-5,8,11-12,15H,6-7,9-10H2,1-3H3. The maximum Gasteiger partial charge on any atom is 0.0619 e. The average molecular weight is 253 g/mol. The van der Waals surface area contributed by atoms with Gasteiger partial charge >= 0.3 is 0 Å². The summed E-state index contributed by atoms with van der Waals surface area (Å²) in [5, 5.41) is 5.76. The van der Waals surface area contributed by atoms with E-state index in [0.717, 1.165) is 19.6 Å². The molecule has 2 unspecified atom stereocenters. The van der Waals surface area contributed by atoms with Crippen molar-refractivity contribution in [2.45, 2.75) is 45.8 Å². The minimum atomic E-state index is 0.287. The molecule has 96 valence electrons. The van der Waals surface area contributed by atoms with Crippen LogP contribution in [0, 0.1) is 5.41 Å². The summed E-state index contributed by atoms with van der Waals surface area (Å²) in [6.07, 6.45) is 2.67. The lowest BCUT2D eigenvalue weighted by atomic mass is 9.78. The number of hydrogen-bond acceptors (Lipinski definition) is 3. The van der Waals surface area contributed by atoms with Gasteiger partial charge in [-0.05, 0) is 31.2 Å². The summed E-state index contributed by atoms with van der Waals surface area (Å²) >= 11 is 1.86. The zero-order chi connectivity index (χ0) is 12.3. The first-order valence-corrected chi connectivity index (χ1v) is 7.38. The van der Waals surface area contributed by atoms with Gasteiger partial charge in [-0.1, -0.05) is 19.9 Å². The molecule has 1 aromatic heterocycles. The van der Waals surface area contributed by atoms with Crippen LogP contribution in [0.15, 0.2) is 17.5 Å². The van der Waals surface area contributed by atoms with E-state index in [-0.39, 0.29) is 5.41 Å². The quantitative estimate of drug-likeness (QED) is 0.870. The number of rotatable bonds is 5. The molecule has 0 bridgehead atoms. The smallest absolute Gasteiger partial charge is 0.0619 e. The van der Waals surface area contributed by atoms with Crippen LogP contribution in [0.3, 0.4) is 0 Å². The van der Waals surface area contributed by atoms with E-state index < -0.39 is 0 Å². The third kappa shape index (κ3) is 3.09. The van der Waals surface area contributed by atoms with Crippen molar-refractivity contribution in [2.24, 2.45) is 5.41 Å². The summed E-state index contributed by atoms with van der Waals surface area (Å²) in [5.74, 6) is 0. The lowest BCUT2D eigenvalue weighted by molar-refractivity contribution is 0.0624. The van der Waals surface area contributed by atoms with Crippen LogP contribution in [0.5, 0.6) is 0 Å². The molecule has 0 spiro atoms. The van der Waals surface area contributed by atoms with Crippen LogP contribution in [-0.2, 0) is 11.2 Å². The Bertz CT molecular complexity index is 336. The van der Waals surface area contributed by atoms with Gasteiger partial charge in [-0.2, -0.15) is 0 Å². The Labute approximate surface area is 108 Å². The number of ether oxygens (including phenoxy) is 1. The molecule has 1 saturated heterocycles. The fourth-order valence-electron chi connectivity index (χ4n) is 2.51. The first-order chi connectivity index (χ1) is 8.12. The summed E-state index contributed by atoms with van der Waals surface area (Å²) in [6.45, 7) is 8.61. The fourth-order valence-corrected chi connectivity index (χ4v) is 3.37. The molecular weight excluding hydrogens is 230 g/mol. The highest BCUT2D eigenvalue weighted by atomic mass is 32.1. The predicted molar refractivity (Wildman–Crippen MR) is 73.6 cm³/mol. The van der Waals surface area contributed by atoms with Crippen LogP contribution in [-0.4, -0.2) is 25.3 Å². The molecule has 1 aliphatic rings. The molecule has 17 heavy (non-hydrogen) atoms. The SMILES string of the molecule is CC(C)NCC1(Cc2cccs2)CCOC1C. The van der Waals surface area contributed by atoms with Gasteiger partial charge in [0, 0.05) is 29.5 Å². The molecule has 3 heteroatoms. The largest absolute Gasteiger partial charge is 0.378 e. The third-order valence-corrected chi connectivity index (χ3v) is 4.68. The van der Waals surface area contributed by atoms with Crippen LogP contribution in [0.1, 0.15) is 32.1 Å². The van der Waals surface area contributed by atoms with Gasteiger partial charge in [0.25, 0.3) is 0 Å². The lowest BCUT2D eigenvalue weighted by Gasteiger charge is -2.33. The Morgan fingerprint density at radius 2 is 2.41 bits per heavy atom. The van der Waals surface area contributed by atoms with Crippen LogP contribution >= 0.6 is 11.3 Å². The summed E-state index contributed by atoms with van der Waals surface area (Å²) in [4.78, 5) is 1.48. The second-order valence-electron chi connectivity index (χ2n) is 5.42. The maximum absolute atomic E-state index is 5.81. The highest BCUT2D eigenvalue weighted by Crippen LogP contribution is 2.38. The predicted octanol–water partition coefficient (Wildman–Crippen LogP) is 3.08. The van der Waals surface area contributed by atoms with E-state index in [1.54, 1.807) is 0 Å². The van der Waals surface area contributed by atoms with E-state index in [4.69, 9.17) is 4.74 Å². The number of hydrogen-bond donors (Lipinski definition) is 1. The summed E-state index contributed by atoms with van der Waals surface area (Å²) in [6, 6.07) is 4.93. The number of thiophene rings is 1. The molecule has 0 aliphatic carbocycles. The van der Waals surface area contributed by atoms with Gasteiger partial charge in [0.1, 0.15) is 0 Å². The first kappa shape index (κ1) is 13.1. The Balaban J connectivity index is 2.07. The van der Waals surface area contributed by atoms with Crippen molar-refractivity contribution in [3.63, 3.8) is 0 Å². The van der Waals surface area contributed by atoms with Gasteiger partial charge in [-0.15, -0.1) is 11.3 Å². The van der Waals surface area contributed by atoms with E-state index in [0.29, 0.717) is 12.1 Å². The molecule has 0 aromatic carbocycles. The zero-order valence-electron chi connectivity index (χ0n) is 11.0. The van der Waals surface area contributed by atoms with Gasteiger partial charge < -0.3 is 10.1 Å². The molecule has 1 fully saturated rings. The molecule has 2 atom stereocenters. The Morgan fingerprint density at radius 3 is 2.94 bits per heavy atom. The summed E-state index contributed by atoms with van der Waals surface area (Å²) in [5.41, 5.74) is 0.287. The van der Waals surface area contributed by atoms with Crippen molar-refractivity contribution in [3.8, 4) is 0 Å². The second-order valence-corrected chi connectivity index (χ2v) is 6.45. The van der Waals surface area contributed by atoms with E-state index in [1.807, 2.05) is 11.3 Å². The normalized spacial score (nSPS) is 29.1. The van der Waals surface area contributed by atoms with E-state index in [2.05, 4.69) is 43.6 Å². The van der Waals surface area contributed by atoms with Crippen LogP contribution in [0.2, 0.25) is 0 Å². The highest BCUT2D eigenvalue weighted by Gasteiger charge is 2.41.